The highest BCUT2D eigenvalue weighted by Gasteiger charge is 2.24. The molecule has 4 heterocycles. The number of para-hydroxylation sites is 3. The summed E-state index contributed by atoms with van der Waals surface area (Å²) < 4.78 is 16.0. The molecule has 0 bridgehead atoms. The average molecular weight is 731 g/mol. The number of fused-ring (bicyclic) bond motifs is 9. The van der Waals surface area contributed by atoms with Gasteiger partial charge in [0.15, 0.2) is 23.1 Å². The van der Waals surface area contributed by atoms with Crippen molar-refractivity contribution in [1.29, 1.82) is 0 Å². The SMILES string of the molecule is c1ccc(-c2nc(-c3ccccc3)nc(-c3ccc(-c4ccccc4)c4oc5c(-n6c7ccccc7c7cc8c(cc76)oc6ccccc68)cccc5c34)n2)cc1. The number of hydrogen-bond donors (Lipinski definition) is 0. The number of aromatic nitrogens is 4. The Morgan fingerprint density at radius 3 is 1.68 bits per heavy atom. The molecule has 0 fully saturated rings. The normalized spacial score (nSPS) is 11.9. The monoisotopic (exact) mass is 730 g/mol. The van der Waals surface area contributed by atoms with Gasteiger partial charge in [-0.2, -0.15) is 0 Å². The molecule has 57 heavy (non-hydrogen) atoms. The topological polar surface area (TPSA) is 69.9 Å². The highest BCUT2D eigenvalue weighted by Crippen LogP contribution is 2.45. The fourth-order valence-corrected chi connectivity index (χ4v) is 8.47. The highest BCUT2D eigenvalue weighted by atomic mass is 16.3. The van der Waals surface area contributed by atoms with Gasteiger partial charge in [0, 0.05) is 60.6 Å². The number of furan rings is 2. The number of rotatable bonds is 5. The van der Waals surface area contributed by atoms with E-state index >= 15 is 0 Å². The summed E-state index contributed by atoms with van der Waals surface area (Å²) in [5.41, 5.74) is 11.1. The molecule has 0 atom stereocenters. The lowest BCUT2D eigenvalue weighted by Gasteiger charge is -2.11. The molecule has 4 aromatic heterocycles. The summed E-state index contributed by atoms with van der Waals surface area (Å²) in [4.78, 5) is 15.3. The van der Waals surface area contributed by atoms with Crippen molar-refractivity contribution >= 4 is 65.7 Å². The van der Waals surface area contributed by atoms with Crippen LogP contribution in [-0.4, -0.2) is 19.5 Å². The van der Waals surface area contributed by atoms with E-state index in [-0.39, 0.29) is 0 Å². The summed E-state index contributed by atoms with van der Waals surface area (Å²) in [7, 11) is 0. The van der Waals surface area contributed by atoms with Crippen LogP contribution in [0, 0.1) is 0 Å². The predicted octanol–water partition coefficient (Wildman–Crippen LogP) is 13.4. The Labute approximate surface area is 325 Å². The van der Waals surface area contributed by atoms with Crippen molar-refractivity contribution in [3.8, 4) is 51.0 Å². The van der Waals surface area contributed by atoms with Gasteiger partial charge in [-0.3, -0.25) is 0 Å². The number of hydrogen-bond acceptors (Lipinski definition) is 5. The van der Waals surface area contributed by atoms with E-state index in [9.17, 15) is 0 Å². The summed E-state index contributed by atoms with van der Waals surface area (Å²) in [6.07, 6.45) is 0. The number of nitrogens with zero attached hydrogens (tertiary/aromatic N) is 4. The van der Waals surface area contributed by atoms with Gasteiger partial charge in [-0.15, -0.1) is 0 Å². The molecule has 6 nitrogen and oxygen atoms in total. The van der Waals surface area contributed by atoms with Gasteiger partial charge in [0.05, 0.1) is 16.7 Å². The van der Waals surface area contributed by atoms with Crippen LogP contribution in [0.25, 0.3) is 117 Å². The van der Waals surface area contributed by atoms with Crippen LogP contribution in [0.3, 0.4) is 0 Å². The molecule has 0 spiro atoms. The Morgan fingerprint density at radius 2 is 0.947 bits per heavy atom. The summed E-state index contributed by atoms with van der Waals surface area (Å²) in [5.74, 6) is 1.79. The second-order valence-electron chi connectivity index (χ2n) is 14.3. The van der Waals surface area contributed by atoms with Crippen LogP contribution in [0.2, 0.25) is 0 Å². The maximum absolute atomic E-state index is 7.20. The molecular weight excluding hydrogens is 701 g/mol. The molecule has 8 aromatic carbocycles. The predicted molar refractivity (Wildman–Crippen MR) is 230 cm³/mol. The first kappa shape index (κ1) is 31.5. The van der Waals surface area contributed by atoms with Crippen LogP contribution in [-0.2, 0) is 0 Å². The van der Waals surface area contributed by atoms with Crippen molar-refractivity contribution in [3.63, 3.8) is 0 Å². The van der Waals surface area contributed by atoms with Gasteiger partial charge in [-0.25, -0.2) is 15.0 Å². The minimum Gasteiger partial charge on any atom is -0.456 e. The first-order valence-corrected chi connectivity index (χ1v) is 19.0. The van der Waals surface area contributed by atoms with Gasteiger partial charge in [0.25, 0.3) is 0 Å². The van der Waals surface area contributed by atoms with Crippen molar-refractivity contribution in [2.75, 3.05) is 0 Å². The van der Waals surface area contributed by atoms with E-state index in [4.69, 9.17) is 23.8 Å². The van der Waals surface area contributed by atoms with E-state index in [0.29, 0.717) is 17.5 Å². The maximum Gasteiger partial charge on any atom is 0.164 e. The second-order valence-corrected chi connectivity index (χ2v) is 14.3. The molecule has 0 unspecified atom stereocenters. The Kier molecular flexibility index (Phi) is 6.83. The molecule has 12 aromatic rings. The zero-order valence-corrected chi connectivity index (χ0v) is 30.4. The van der Waals surface area contributed by atoms with Gasteiger partial charge < -0.3 is 13.4 Å². The summed E-state index contributed by atoms with van der Waals surface area (Å²) in [6.45, 7) is 0. The van der Waals surface area contributed by atoms with Crippen LogP contribution in [0.15, 0.2) is 191 Å². The van der Waals surface area contributed by atoms with E-state index in [1.54, 1.807) is 0 Å². The third kappa shape index (κ3) is 4.87. The quantitative estimate of drug-likeness (QED) is 0.176. The lowest BCUT2D eigenvalue weighted by molar-refractivity contribution is 0.666. The molecule has 0 saturated carbocycles. The second kappa shape index (κ2) is 12.3. The third-order valence-corrected chi connectivity index (χ3v) is 11.1. The maximum atomic E-state index is 7.20. The van der Waals surface area contributed by atoms with Crippen molar-refractivity contribution in [1.82, 2.24) is 19.5 Å². The molecule has 0 radical (unpaired) electrons. The van der Waals surface area contributed by atoms with Crippen LogP contribution in [0.4, 0.5) is 0 Å². The zero-order valence-electron chi connectivity index (χ0n) is 30.4. The fourth-order valence-electron chi connectivity index (χ4n) is 8.47. The van der Waals surface area contributed by atoms with Crippen LogP contribution < -0.4 is 0 Å². The van der Waals surface area contributed by atoms with E-state index in [2.05, 4.69) is 108 Å². The smallest absolute Gasteiger partial charge is 0.164 e. The minimum absolute atomic E-state index is 0.574. The summed E-state index contributed by atoms with van der Waals surface area (Å²) >= 11 is 0. The summed E-state index contributed by atoms with van der Waals surface area (Å²) in [6, 6.07) is 62.5. The van der Waals surface area contributed by atoms with Crippen molar-refractivity contribution < 1.29 is 8.83 Å². The molecule has 0 saturated heterocycles. The average Bonchev–Trinajstić information content (AvgIpc) is 3.96. The molecule has 0 aliphatic heterocycles. The minimum atomic E-state index is 0.574. The lowest BCUT2D eigenvalue weighted by atomic mass is 9.98. The van der Waals surface area contributed by atoms with Gasteiger partial charge in [-0.1, -0.05) is 140 Å². The molecule has 266 valence electrons. The molecule has 0 aliphatic carbocycles. The van der Waals surface area contributed by atoms with Crippen molar-refractivity contribution in [3.05, 3.63) is 182 Å². The molecule has 0 N–H and O–H groups in total. The fraction of sp³-hybridized carbons (Fsp3) is 0. The van der Waals surface area contributed by atoms with E-state index in [1.807, 2.05) is 78.9 Å². The Balaban J connectivity index is 1.17. The molecule has 6 heteroatoms. The Bertz CT molecular complexity index is 3450. The summed E-state index contributed by atoms with van der Waals surface area (Å²) in [5, 5.41) is 6.42. The number of benzene rings is 8. The Morgan fingerprint density at radius 1 is 0.351 bits per heavy atom. The molecule has 0 amide bonds. The lowest BCUT2D eigenvalue weighted by Crippen LogP contribution is -2.00. The largest absolute Gasteiger partial charge is 0.456 e. The van der Waals surface area contributed by atoms with E-state index in [1.165, 1.54) is 0 Å². The van der Waals surface area contributed by atoms with Crippen LogP contribution in [0.1, 0.15) is 0 Å². The standard InChI is InChI=1S/C51H30N4O2/c1-4-15-31(16-5-1)34-27-28-38(51-53-49(32-17-6-2-7-18-32)52-50(54-51)33-19-8-3-9-20-33)46-37-23-14-25-42(47(37)57-48(34)46)55-41-24-12-10-21-35(41)39-29-40-36-22-11-13-26-44(36)56-45(40)30-43(39)55/h1-30H. The van der Waals surface area contributed by atoms with Gasteiger partial charge in [0.2, 0.25) is 0 Å². The molecular formula is C51H30N4O2. The van der Waals surface area contributed by atoms with Crippen LogP contribution >= 0.6 is 0 Å². The van der Waals surface area contributed by atoms with Crippen molar-refractivity contribution in [2.45, 2.75) is 0 Å². The first-order chi connectivity index (χ1) is 28.3. The molecule has 12 rings (SSSR count). The third-order valence-electron chi connectivity index (χ3n) is 11.1. The van der Waals surface area contributed by atoms with Gasteiger partial charge in [-0.05, 0) is 42.0 Å². The molecule has 0 aliphatic rings. The van der Waals surface area contributed by atoms with E-state index in [0.717, 1.165) is 99.2 Å². The first-order valence-electron chi connectivity index (χ1n) is 19.0. The highest BCUT2D eigenvalue weighted by molar-refractivity contribution is 6.20. The zero-order chi connectivity index (χ0) is 37.5. The van der Waals surface area contributed by atoms with Gasteiger partial charge >= 0.3 is 0 Å². The Hall–Kier alpha value is -7.83. The van der Waals surface area contributed by atoms with E-state index < -0.39 is 0 Å². The van der Waals surface area contributed by atoms with Gasteiger partial charge in [0.1, 0.15) is 16.7 Å². The van der Waals surface area contributed by atoms with Crippen molar-refractivity contribution in [2.24, 2.45) is 0 Å². The van der Waals surface area contributed by atoms with Crippen LogP contribution in [0.5, 0.6) is 0 Å².